The van der Waals surface area contributed by atoms with E-state index in [1.165, 1.54) is 0 Å². The number of nitrogens with one attached hydrogen (secondary N) is 1. The summed E-state index contributed by atoms with van der Waals surface area (Å²) in [4.78, 5) is 6.57. The number of nitrogens with zero attached hydrogens (tertiary/aromatic N) is 2. The van der Waals surface area contributed by atoms with Crippen molar-refractivity contribution in [3.8, 4) is 5.75 Å². The highest BCUT2D eigenvalue weighted by Crippen LogP contribution is 2.24. The normalized spacial score (nSPS) is 16.4. The maximum Gasteiger partial charge on any atom is 0.124 e. The number of ether oxygens (including phenoxy) is 2. The van der Waals surface area contributed by atoms with Gasteiger partial charge in [-0.25, -0.2) is 0 Å². The fourth-order valence-corrected chi connectivity index (χ4v) is 3.23. The van der Waals surface area contributed by atoms with Gasteiger partial charge in [-0.3, -0.25) is 9.88 Å². The molecule has 1 aliphatic rings. The monoisotopic (exact) mass is 375 g/mol. The number of benzene rings is 1. The lowest BCUT2D eigenvalue weighted by Gasteiger charge is -2.32. The van der Waals surface area contributed by atoms with Gasteiger partial charge in [0.25, 0.3) is 0 Å². The molecular weight excluding hydrogens is 350 g/mol. The zero-order valence-electron chi connectivity index (χ0n) is 15.2. The maximum atomic E-state index is 6.18. The largest absolute Gasteiger partial charge is 0.489 e. The van der Waals surface area contributed by atoms with E-state index in [0.717, 1.165) is 61.3 Å². The first-order valence-corrected chi connectivity index (χ1v) is 9.43. The van der Waals surface area contributed by atoms with Crippen LogP contribution in [0.1, 0.15) is 18.1 Å². The van der Waals surface area contributed by atoms with Gasteiger partial charge in [-0.05, 0) is 31.2 Å². The lowest BCUT2D eigenvalue weighted by molar-refractivity contribution is 0.0203. The molecule has 0 spiro atoms. The summed E-state index contributed by atoms with van der Waals surface area (Å²) in [5, 5.41) is 4.25. The third-order valence-corrected chi connectivity index (χ3v) is 4.80. The highest BCUT2D eigenvalue weighted by molar-refractivity contribution is 6.30. The topological polar surface area (TPSA) is 46.6 Å². The zero-order chi connectivity index (χ0) is 18.2. The Morgan fingerprint density at radius 2 is 2.15 bits per heavy atom. The average Bonchev–Trinajstić information content (AvgIpc) is 2.69. The summed E-state index contributed by atoms with van der Waals surface area (Å²) in [6.45, 7) is 8.02. The van der Waals surface area contributed by atoms with Crippen LogP contribution in [0.15, 0.2) is 42.7 Å². The molecule has 0 aliphatic carbocycles. The van der Waals surface area contributed by atoms with Gasteiger partial charge in [0.15, 0.2) is 0 Å². The third-order valence-electron chi connectivity index (χ3n) is 4.56. The summed E-state index contributed by atoms with van der Waals surface area (Å²) in [5.74, 6) is 0.852. The number of hydrogen-bond acceptors (Lipinski definition) is 5. The molecule has 6 heteroatoms. The molecule has 2 heterocycles. The van der Waals surface area contributed by atoms with E-state index in [-0.39, 0.29) is 0 Å². The van der Waals surface area contributed by atoms with E-state index in [1.807, 2.05) is 36.5 Å². The number of hydrogen-bond donors (Lipinski definition) is 1. The van der Waals surface area contributed by atoms with Gasteiger partial charge in [0.05, 0.1) is 13.2 Å². The molecule has 1 saturated heterocycles. The van der Waals surface area contributed by atoms with Crippen molar-refractivity contribution in [3.63, 3.8) is 0 Å². The van der Waals surface area contributed by atoms with Crippen molar-refractivity contribution in [1.29, 1.82) is 0 Å². The van der Waals surface area contributed by atoms with Gasteiger partial charge in [0.2, 0.25) is 0 Å². The summed E-state index contributed by atoms with van der Waals surface area (Å²) in [6, 6.07) is 10.1. The lowest BCUT2D eigenvalue weighted by atomic mass is 10.2. The highest BCUT2D eigenvalue weighted by Gasteiger charge is 2.16. The van der Waals surface area contributed by atoms with Crippen molar-refractivity contribution in [1.82, 2.24) is 15.2 Å². The smallest absolute Gasteiger partial charge is 0.124 e. The Kier molecular flexibility index (Phi) is 7.26. The lowest BCUT2D eigenvalue weighted by Crippen LogP contribution is -2.46. The number of aromatic nitrogens is 1. The Labute approximate surface area is 160 Å². The maximum absolute atomic E-state index is 6.18. The molecular formula is C20H26ClN3O2. The fraction of sp³-hybridized carbons (Fsp3) is 0.450. The van der Waals surface area contributed by atoms with Crippen LogP contribution in [0.25, 0.3) is 0 Å². The number of rotatable bonds is 8. The third kappa shape index (κ3) is 5.68. The second-order valence-electron chi connectivity index (χ2n) is 6.53. The van der Waals surface area contributed by atoms with Gasteiger partial charge in [-0.15, -0.1) is 0 Å². The Hall–Kier alpha value is -1.66. The van der Waals surface area contributed by atoms with Crippen LogP contribution in [0.5, 0.6) is 5.75 Å². The first-order chi connectivity index (χ1) is 12.7. The SMILES string of the molecule is CC(CNCc1cc(Cl)ccc1OCc1cccnc1)N1CCOCC1. The number of morpholine rings is 1. The van der Waals surface area contributed by atoms with Gasteiger partial charge in [-0.2, -0.15) is 0 Å². The number of halogens is 1. The molecule has 0 amide bonds. The van der Waals surface area contributed by atoms with Crippen molar-refractivity contribution >= 4 is 11.6 Å². The zero-order valence-corrected chi connectivity index (χ0v) is 15.9. The van der Waals surface area contributed by atoms with E-state index < -0.39 is 0 Å². The molecule has 2 aromatic rings. The van der Waals surface area contributed by atoms with Gasteiger partial charge < -0.3 is 14.8 Å². The molecule has 5 nitrogen and oxygen atoms in total. The molecule has 3 rings (SSSR count). The molecule has 1 unspecified atom stereocenters. The summed E-state index contributed by atoms with van der Waals surface area (Å²) >= 11 is 6.18. The van der Waals surface area contributed by atoms with Crippen LogP contribution < -0.4 is 10.1 Å². The predicted molar refractivity (Wildman–Crippen MR) is 104 cm³/mol. The Morgan fingerprint density at radius 1 is 1.31 bits per heavy atom. The van der Waals surface area contributed by atoms with Crippen LogP contribution in [0, 0.1) is 0 Å². The quantitative estimate of drug-likeness (QED) is 0.768. The number of pyridine rings is 1. The van der Waals surface area contributed by atoms with Crippen LogP contribution in [0.4, 0.5) is 0 Å². The highest BCUT2D eigenvalue weighted by atomic mass is 35.5. The molecule has 1 aromatic carbocycles. The fourth-order valence-electron chi connectivity index (χ4n) is 3.03. The van der Waals surface area contributed by atoms with Gasteiger partial charge in [0.1, 0.15) is 12.4 Å². The van der Waals surface area contributed by atoms with E-state index in [9.17, 15) is 0 Å². The Morgan fingerprint density at radius 3 is 2.92 bits per heavy atom. The molecule has 1 aliphatic heterocycles. The van der Waals surface area contributed by atoms with E-state index in [4.69, 9.17) is 21.1 Å². The second kappa shape index (κ2) is 9.88. The first kappa shape index (κ1) is 19.1. The molecule has 1 fully saturated rings. The van der Waals surface area contributed by atoms with Gasteiger partial charge >= 0.3 is 0 Å². The van der Waals surface area contributed by atoms with Crippen molar-refractivity contribution in [2.45, 2.75) is 26.1 Å². The molecule has 1 aromatic heterocycles. The summed E-state index contributed by atoms with van der Waals surface area (Å²) in [6.07, 6.45) is 3.58. The van der Waals surface area contributed by atoms with E-state index >= 15 is 0 Å². The molecule has 0 radical (unpaired) electrons. The minimum absolute atomic E-state index is 0.470. The van der Waals surface area contributed by atoms with Crippen LogP contribution in [0.2, 0.25) is 5.02 Å². The van der Waals surface area contributed by atoms with Gasteiger partial charge in [0, 0.05) is 60.8 Å². The van der Waals surface area contributed by atoms with Crippen LogP contribution in [0.3, 0.4) is 0 Å². The van der Waals surface area contributed by atoms with E-state index in [0.29, 0.717) is 12.6 Å². The Bertz CT molecular complexity index is 678. The molecule has 26 heavy (non-hydrogen) atoms. The molecule has 0 bridgehead atoms. The van der Waals surface area contributed by atoms with Crippen molar-refractivity contribution in [3.05, 3.63) is 58.9 Å². The van der Waals surface area contributed by atoms with Crippen LogP contribution >= 0.6 is 11.6 Å². The second-order valence-corrected chi connectivity index (χ2v) is 6.97. The van der Waals surface area contributed by atoms with Gasteiger partial charge in [-0.1, -0.05) is 17.7 Å². The summed E-state index contributed by atoms with van der Waals surface area (Å²) in [7, 11) is 0. The Balaban J connectivity index is 1.53. The van der Waals surface area contributed by atoms with E-state index in [1.54, 1.807) is 6.20 Å². The van der Waals surface area contributed by atoms with Crippen LogP contribution in [-0.2, 0) is 17.9 Å². The minimum atomic E-state index is 0.470. The first-order valence-electron chi connectivity index (χ1n) is 9.05. The standard InChI is InChI=1S/C20H26ClN3O2/c1-16(24-7-9-25-10-8-24)12-23-14-18-11-19(21)4-5-20(18)26-15-17-3-2-6-22-13-17/h2-6,11,13,16,23H,7-10,12,14-15H2,1H3. The molecule has 140 valence electrons. The summed E-state index contributed by atoms with van der Waals surface area (Å²) < 4.78 is 11.4. The van der Waals surface area contributed by atoms with Crippen molar-refractivity contribution in [2.24, 2.45) is 0 Å². The molecule has 1 atom stereocenters. The average molecular weight is 376 g/mol. The molecule has 0 saturated carbocycles. The predicted octanol–water partition coefficient (Wildman–Crippen LogP) is 3.12. The minimum Gasteiger partial charge on any atom is -0.489 e. The van der Waals surface area contributed by atoms with Crippen molar-refractivity contribution in [2.75, 3.05) is 32.8 Å². The summed E-state index contributed by atoms with van der Waals surface area (Å²) in [5.41, 5.74) is 2.11. The molecule has 1 N–H and O–H groups in total. The van der Waals surface area contributed by atoms with Crippen LogP contribution in [-0.4, -0.2) is 48.8 Å². The van der Waals surface area contributed by atoms with Crippen molar-refractivity contribution < 1.29 is 9.47 Å². The van der Waals surface area contributed by atoms with E-state index in [2.05, 4.69) is 22.1 Å².